The van der Waals surface area contributed by atoms with Crippen molar-refractivity contribution in [2.75, 3.05) is 12.4 Å². The van der Waals surface area contributed by atoms with Gasteiger partial charge in [-0.05, 0) is 62.1 Å². The number of pyridine rings is 1. The molecular weight excluding hydrogens is 437 g/mol. The SMILES string of the molecule is COC(=O)c1ccc(C(=O)NC2CCC(Nc3cccc4nc(C(F)(F)F)cn34)CC2)cc1. The first-order chi connectivity index (χ1) is 15.7. The molecule has 2 aromatic heterocycles. The fraction of sp³-hybridized carbons (Fsp3) is 0.348. The molecule has 2 heterocycles. The topological polar surface area (TPSA) is 84.7 Å². The van der Waals surface area contributed by atoms with E-state index in [1.54, 1.807) is 36.4 Å². The molecule has 1 aliphatic rings. The van der Waals surface area contributed by atoms with Crippen molar-refractivity contribution < 1.29 is 27.5 Å². The number of esters is 1. The van der Waals surface area contributed by atoms with E-state index < -0.39 is 17.8 Å². The number of imidazole rings is 1. The number of nitrogens with one attached hydrogen (secondary N) is 2. The Labute approximate surface area is 188 Å². The van der Waals surface area contributed by atoms with Crippen LogP contribution in [0.25, 0.3) is 5.65 Å². The first kappa shape index (κ1) is 22.6. The fourth-order valence-corrected chi connectivity index (χ4v) is 4.00. The van der Waals surface area contributed by atoms with E-state index in [-0.39, 0.29) is 23.6 Å². The third kappa shape index (κ3) is 5.10. The Morgan fingerprint density at radius 2 is 1.64 bits per heavy atom. The lowest BCUT2D eigenvalue weighted by Gasteiger charge is -2.30. The van der Waals surface area contributed by atoms with Crippen LogP contribution in [-0.2, 0) is 10.9 Å². The van der Waals surface area contributed by atoms with Crippen LogP contribution in [0.4, 0.5) is 19.0 Å². The Morgan fingerprint density at radius 1 is 1.00 bits per heavy atom. The Balaban J connectivity index is 1.33. The van der Waals surface area contributed by atoms with E-state index in [0.717, 1.165) is 31.9 Å². The summed E-state index contributed by atoms with van der Waals surface area (Å²) in [4.78, 5) is 27.7. The van der Waals surface area contributed by atoms with Gasteiger partial charge in [-0.3, -0.25) is 9.20 Å². The summed E-state index contributed by atoms with van der Waals surface area (Å²) in [7, 11) is 1.30. The van der Waals surface area contributed by atoms with Gasteiger partial charge in [0.2, 0.25) is 0 Å². The Morgan fingerprint density at radius 3 is 2.27 bits per heavy atom. The number of benzene rings is 1. The van der Waals surface area contributed by atoms with Gasteiger partial charge >= 0.3 is 12.1 Å². The number of ether oxygens (including phenoxy) is 1. The standard InChI is InChI=1S/C23H23F3N4O3/c1-33-22(32)15-7-5-14(6-8-15)21(31)28-17-11-9-16(10-12-17)27-19-3-2-4-20-29-18(13-30(19)20)23(24,25)26/h2-8,13,16-17,27H,9-12H2,1H3,(H,28,31). The van der Waals surface area contributed by atoms with Crippen molar-refractivity contribution in [1.29, 1.82) is 0 Å². The van der Waals surface area contributed by atoms with Crippen LogP contribution in [0.2, 0.25) is 0 Å². The van der Waals surface area contributed by atoms with Crippen molar-refractivity contribution in [3.8, 4) is 0 Å². The van der Waals surface area contributed by atoms with Gasteiger partial charge in [0, 0.05) is 23.8 Å². The quantitative estimate of drug-likeness (QED) is 0.555. The summed E-state index contributed by atoms with van der Waals surface area (Å²) < 4.78 is 45.1. The lowest BCUT2D eigenvalue weighted by molar-refractivity contribution is -0.140. The summed E-state index contributed by atoms with van der Waals surface area (Å²) in [6, 6.07) is 11.2. The molecule has 0 spiro atoms. The zero-order valence-electron chi connectivity index (χ0n) is 17.9. The average Bonchev–Trinajstić information content (AvgIpc) is 3.26. The van der Waals surface area contributed by atoms with E-state index in [0.29, 0.717) is 16.9 Å². The molecule has 33 heavy (non-hydrogen) atoms. The van der Waals surface area contributed by atoms with E-state index in [9.17, 15) is 22.8 Å². The van der Waals surface area contributed by atoms with Gasteiger partial charge in [-0.1, -0.05) is 6.07 Å². The number of methoxy groups -OCH3 is 1. The largest absolute Gasteiger partial charge is 0.465 e. The first-order valence-electron chi connectivity index (χ1n) is 10.6. The summed E-state index contributed by atoms with van der Waals surface area (Å²) in [6.45, 7) is 0. The minimum absolute atomic E-state index is 0.00305. The number of alkyl halides is 3. The zero-order chi connectivity index (χ0) is 23.6. The predicted octanol–water partition coefficient (Wildman–Crippen LogP) is 4.29. The zero-order valence-corrected chi connectivity index (χ0v) is 17.9. The molecule has 174 valence electrons. The van der Waals surface area contributed by atoms with Gasteiger partial charge in [-0.15, -0.1) is 0 Å². The van der Waals surface area contributed by atoms with Crippen molar-refractivity contribution in [2.45, 2.75) is 43.9 Å². The van der Waals surface area contributed by atoms with Gasteiger partial charge in [0.1, 0.15) is 11.5 Å². The minimum atomic E-state index is -4.50. The molecule has 0 radical (unpaired) electrons. The van der Waals surface area contributed by atoms with Gasteiger partial charge in [0.05, 0.1) is 12.7 Å². The van der Waals surface area contributed by atoms with Crippen molar-refractivity contribution in [1.82, 2.24) is 14.7 Å². The fourth-order valence-electron chi connectivity index (χ4n) is 4.00. The maximum absolute atomic E-state index is 13.0. The number of hydrogen-bond donors (Lipinski definition) is 2. The molecule has 1 amide bonds. The highest BCUT2D eigenvalue weighted by molar-refractivity contribution is 5.96. The number of amides is 1. The Hall–Kier alpha value is -3.56. The van der Waals surface area contributed by atoms with Gasteiger partial charge in [-0.2, -0.15) is 13.2 Å². The third-order valence-electron chi connectivity index (χ3n) is 5.77. The van der Waals surface area contributed by atoms with E-state index >= 15 is 0 Å². The number of halogens is 3. The summed E-state index contributed by atoms with van der Waals surface area (Å²) >= 11 is 0. The number of carbonyl (C=O) groups is 2. The lowest BCUT2D eigenvalue weighted by Crippen LogP contribution is -2.40. The molecule has 0 bridgehead atoms. The predicted molar refractivity (Wildman–Crippen MR) is 115 cm³/mol. The number of hydrogen-bond acceptors (Lipinski definition) is 5. The molecule has 0 unspecified atom stereocenters. The van der Waals surface area contributed by atoms with E-state index in [4.69, 9.17) is 0 Å². The van der Waals surface area contributed by atoms with Crippen molar-refractivity contribution >= 4 is 23.3 Å². The van der Waals surface area contributed by atoms with Crippen molar-refractivity contribution in [2.24, 2.45) is 0 Å². The first-order valence-corrected chi connectivity index (χ1v) is 10.6. The van der Waals surface area contributed by atoms with Gasteiger partial charge in [0.15, 0.2) is 5.69 Å². The smallest absolute Gasteiger partial charge is 0.434 e. The van der Waals surface area contributed by atoms with Crippen molar-refractivity contribution in [3.05, 3.63) is 65.5 Å². The minimum Gasteiger partial charge on any atom is -0.465 e. The second kappa shape index (κ2) is 9.13. The molecule has 1 saturated carbocycles. The molecule has 0 saturated heterocycles. The van der Waals surface area contributed by atoms with Gasteiger partial charge in [-0.25, -0.2) is 9.78 Å². The van der Waals surface area contributed by atoms with E-state index in [2.05, 4.69) is 20.4 Å². The summed E-state index contributed by atoms with van der Waals surface area (Å²) in [5.74, 6) is -0.131. The van der Waals surface area contributed by atoms with Crippen LogP contribution in [0.1, 0.15) is 52.1 Å². The highest BCUT2D eigenvalue weighted by atomic mass is 19.4. The van der Waals surface area contributed by atoms with Gasteiger partial charge < -0.3 is 15.4 Å². The number of carbonyl (C=O) groups excluding carboxylic acids is 2. The second-order valence-electron chi connectivity index (χ2n) is 8.00. The van der Waals surface area contributed by atoms with Crippen molar-refractivity contribution in [3.63, 3.8) is 0 Å². The number of nitrogens with zero attached hydrogens (tertiary/aromatic N) is 2. The van der Waals surface area contributed by atoms with Crippen LogP contribution in [0, 0.1) is 0 Å². The van der Waals surface area contributed by atoms with Crippen LogP contribution in [0.15, 0.2) is 48.7 Å². The van der Waals surface area contributed by atoms with Crippen LogP contribution in [0.5, 0.6) is 0 Å². The maximum Gasteiger partial charge on any atom is 0.434 e. The molecule has 3 aromatic rings. The molecule has 1 aromatic carbocycles. The molecule has 10 heteroatoms. The van der Waals surface area contributed by atoms with Crippen LogP contribution in [-0.4, -0.2) is 40.5 Å². The molecule has 2 N–H and O–H groups in total. The van der Waals surface area contributed by atoms with E-state index in [1.807, 2.05) is 0 Å². The Bertz CT molecular complexity index is 1150. The molecular formula is C23H23F3N4O3. The van der Waals surface area contributed by atoms with E-state index in [1.165, 1.54) is 17.6 Å². The molecule has 0 atom stereocenters. The maximum atomic E-state index is 13.0. The van der Waals surface area contributed by atoms with Crippen LogP contribution < -0.4 is 10.6 Å². The molecule has 1 fully saturated rings. The summed E-state index contributed by atoms with van der Waals surface area (Å²) in [5.41, 5.74) is 0.125. The molecule has 7 nitrogen and oxygen atoms in total. The normalized spacial score (nSPS) is 18.7. The average molecular weight is 460 g/mol. The summed E-state index contributed by atoms with van der Waals surface area (Å²) in [6.07, 6.45) is -0.532. The lowest BCUT2D eigenvalue weighted by atomic mass is 9.91. The molecule has 1 aliphatic carbocycles. The molecule has 4 rings (SSSR count). The van der Waals surface area contributed by atoms with Gasteiger partial charge in [0.25, 0.3) is 5.91 Å². The highest BCUT2D eigenvalue weighted by Crippen LogP contribution is 2.30. The Kier molecular flexibility index (Phi) is 6.26. The number of rotatable bonds is 5. The number of fused-ring (bicyclic) bond motifs is 1. The van der Waals surface area contributed by atoms with Crippen LogP contribution >= 0.6 is 0 Å². The van der Waals surface area contributed by atoms with Crippen LogP contribution in [0.3, 0.4) is 0 Å². The monoisotopic (exact) mass is 460 g/mol. The number of aromatic nitrogens is 2. The third-order valence-corrected chi connectivity index (χ3v) is 5.77. The second-order valence-corrected chi connectivity index (χ2v) is 8.00. The highest BCUT2D eigenvalue weighted by Gasteiger charge is 2.34. The summed E-state index contributed by atoms with van der Waals surface area (Å²) in [5, 5.41) is 6.32. The molecule has 0 aliphatic heterocycles. The number of anilines is 1.